The number of ether oxygens (including phenoxy) is 2. The van der Waals surface area contributed by atoms with Crippen LogP contribution in [-0.4, -0.2) is 42.3 Å². The monoisotopic (exact) mass is 439 g/mol. The Morgan fingerprint density at radius 3 is 2.37 bits per heavy atom. The minimum Gasteiger partial charge on any atom is -0.461 e. The van der Waals surface area contributed by atoms with Crippen molar-refractivity contribution >= 4 is 32.9 Å². The fourth-order valence-corrected chi connectivity index (χ4v) is 3.79. The topological polar surface area (TPSA) is 127 Å². The summed E-state index contributed by atoms with van der Waals surface area (Å²) in [4.78, 5) is 31.1. The lowest BCUT2D eigenvalue weighted by Crippen LogP contribution is -2.37. The van der Waals surface area contributed by atoms with Gasteiger partial charge in [0, 0.05) is 18.7 Å². The summed E-state index contributed by atoms with van der Waals surface area (Å²) in [6.07, 6.45) is 0.508. The molecule has 2 rings (SSSR count). The highest BCUT2D eigenvalue weighted by Crippen LogP contribution is 2.27. The molecule has 0 aliphatic carbocycles. The lowest BCUT2D eigenvalue weighted by Gasteiger charge is -2.24. The number of hydrogen-bond acceptors (Lipinski definition) is 7. The zero-order valence-electron chi connectivity index (χ0n) is 18.3. The van der Waals surface area contributed by atoms with Crippen molar-refractivity contribution in [2.75, 3.05) is 6.26 Å². The number of H-pyrrole nitrogens is 1. The van der Waals surface area contributed by atoms with E-state index in [-0.39, 0.29) is 17.4 Å². The molecular weight excluding hydrogens is 410 g/mol. The normalized spacial score (nSPS) is 13.3. The summed E-state index contributed by atoms with van der Waals surface area (Å²) >= 11 is 0. The van der Waals surface area contributed by atoms with Gasteiger partial charge in [-0.1, -0.05) is 13.8 Å². The maximum Gasteiger partial charge on any atom is 0.408 e. The number of esters is 1. The van der Waals surface area contributed by atoms with Gasteiger partial charge >= 0.3 is 12.1 Å². The number of hydrogen-bond donors (Lipinski definition) is 2. The second-order valence-electron chi connectivity index (χ2n) is 8.52. The number of benzene rings is 1. The number of imidazole rings is 1. The van der Waals surface area contributed by atoms with Crippen LogP contribution in [0.25, 0.3) is 11.0 Å². The van der Waals surface area contributed by atoms with E-state index in [0.717, 1.165) is 6.26 Å². The summed E-state index contributed by atoms with van der Waals surface area (Å²) in [6.45, 7) is 10.2. The van der Waals surface area contributed by atoms with Gasteiger partial charge in [-0.3, -0.25) is 4.79 Å². The molecule has 0 saturated carbocycles. The van der Waals surface area contributed by atoms with Crippen molar-refractivity contribution in [3.05, 3.63) is 23.5 Å². The lowest BCUT2D eigenvalue weighted by molar-refractivity contribution is -0.142. The molecule has 2 N–H and O–H groups in total. The number of sulfone groups is 1. The molecule has 0 aliphatic heterocycles. The van der Waals surface area contributed by atoms with E-state index in [1.165, 1.54) is 13.0 Å². The number of carbonyl (C=O) groups excluding carboxylic acids is 2. The number of alkyl carbamates (subject to hydrolysis) is 1. The Hall–Kier alpha value is -2.62. The zero-order valence-corrected chi connectivity index (χ0v) is 19.1. The van der Waals surface area contributed by atoms with Gasteiger partial charge in [0.2, 0.25) is 0 Å². The number of amides is 1. The van der Waals surface area contributed by atoms with Crippen molar-refractivity contribution in [1.29, 1.82) is 0 Å². The van der Waals surface area contributed by atoms with E-state index in [1.807, 2.05) is 13.8 Å². The van der Waals surface area contributed by atoms with Gasteiger partial charge in [0.15, 0.2) is 9.84 Å². The van der Waals surface area contributed by atoms with Crippen molar-refractivity contribution in [3.8, 4) is 0 Å². The first kappa shape index (κ1) is 23.7. The van der Waals surface area contributed by atoms with Crippen molar-refractivity contribution in [3.63, 3.8) is 0 Å². The first-order chi connectivity index (χ1) is 13.7. The minimum absolute atomic E-state index is 0.0204. The molecule has 30 heavy (non-hydrogen) atoms. The Kier molecular flexibility index (Phi) is 6.80. The van der Waals surface area contributed by atoms with Crippen molar-refractivity contribution in [2.24, 2.45) is 5.92 Å². The van der Waals surface area contributed by atoms with Crippen LogP contribution in [-0.2, 0) is 30.7 Å². The predicted molar refractivity (Wildman–Crippen MR) is 112 cm³/mol. The van der Waals surface area contributed by atoms with Gasteiger partial charge in [0.1, 0.15) is 18.0 Å². The molecule has 1 heterocycles. The number of fused-ring (bicyclic) bond motifs is 1. The van der Waals surface area contributed by atoms with E-state index in [0.29, 0.717) is 22.4 Å². The van der Waals surface area contributed by atoms with Crippen molar-refractivity contribution < 1.29 is 27.5 Å². The molecule has 10 heteroatoms. The molecular formula is C20H29N3O6S. The molecule has 1 aromatic carbocycles. The maximum absolute atomic E-state index is 12.2. The number of nitrogens with zero attached hydrogens (tertiary/aromatic N) is 1. The SMILES string of the molecule is CC(=O)OCc1cc2[nH]c(C(NC(=O)OC(C)(C)C)C(C)C)nc2cc1S(C)(=O)=O. The highest BCUT2D eigenvalue weighted by molar-refractivity contribution is 7.90. The van der Waals surface area contributed by atoms with Gasteiger partial charge < -0.3 is 19.8 Å². The lowest BCUT2D eigenvalue weighted by atomic mass is 10.0. The van der Waals surface area contributed by atoms with Crippen LogP contribution in [0.2, 0.25) is 0 Å². The molecule has 1 aromatic heterocycles. The van der Waals surface area contributed by atoms with Gasteiger partial charge in [0.25, 0.3) is 0 Å². The fourth-order valence-electron chi connectivity index (χ4n) is 2.87. The zero-order chi connectivity index (χ0) is 22.9. The van der Waals surface area contributed by atoms with Gasteiger partial charge in [0.05, 0.1) is 22.0 Å². The first-order valence-corrected chi connectivity index (χ1v) is 11.4. The molecule has 1 amide bonds. The molecule has 0 fully saturated rings. The van der Waals surface area contributed by atoms with Gasteiger partial charge in [-0.2, -0.15) is 0 Å². The van der Waals surface area contributed by atoms with Gasteiger partial charge in [-0.25, -0.2) is 18.2 Å². The summed E-state index contributed by atoms with van der Waals surface area (Å²) in [5.41, 5.74) is 0.691. The molecule has 1 unspecified atom stereocenters. The van der Waals surface area contributed by atoms with E-state index in [1.54, 1.807) is 26.8 Å². The van der Waals surface area contributed by atoms with Crippen molar-refractivity contribution in [2.45, 2.75) is 64.7 Å². The Bertz CT molecular complexity index is 1050. The number of aromatic amines is 1. The Morgan fingerprint density at radius 2 is 1.87 bits per heavy atom. The molecule has 0 spiro atoms. The standard InChI is InChI=1S/C20H29N3O6S/c1-11(2)17(23-19(25)29-20(4,5)6)18-21-14-8-13(10-28-12(3)24)16(30(7,26)27)9-15(14)22-18/h8-9,11,17H,10H2,1-7H3,(H,21,22)(H,23,25). The largest absolute Gasteiger partial charge is 0.461 e. The van der Waals surface area contributed by atoms with Crippen LogP contribution in [0.15, 0.2) is 17.0 Å². The predicted octanol–water partition coefficient (Wildman–Crippen LogP) is 3.25. The molecule has 9 nitrogen and oxygen atoms in total. The number of nitrogens with one attached hydrogen (secondary N) is 2. The van der Waals surface area contributed by atoms with Crippen molar-refractivity contribution in [1.82, 2.24) is 15.3 Å². The third-order valence-electron chi connectivity index (χ3n) is 4.15. The van der Waals surface area contributed by atoms with Crippen LogP contribution < -0.4 is 5.32 Å². The average molecular weight is 440 g/mol. The van der Waals surface area contributed by atoms with E-state index >= 15 is 0 Å². The van der Waals surface area contributed by atoms with E-state index in [4.69, 9.17) is 9.47 Å². The van der Waals surface area contributed by atoms with Crippen LogP contribution >= 0.6 is 0 Å². The molecule has 166 valence electrons. The van der Waals surface area contributed by atoms with Crippen LogP contribution in [0.5, 0.6) is 0 Å². The van der Waals surface area contributed by atoms with E-state index < -0.39 is 33.5 Å². The second-order valence-corrected chi connectivity index (χ2v) is 10.5. The quantitative estimate of drug-likeness (QED) is 0.661. The summed E-state index contributed by atoms with van der Waals surface area (Å²) < 4.78 is 34.8. The Balaban J connectivity index is 2.46. The number of carbonyl (C=O) groups is 2. The second kappa shape index (κ2) is 8.63. The first-order valence-electron chi connectivity index (χ1n) is 9.53. The highest BCUT2D eigenvalue weighted by Gasteiger charge is 2.26. The molecule has 2 aromatic rings. The van der Waals surface area contributed by atoms with Crippen LogP contribution in [0.4, 0.5) is 4.79 Å². The third kappa shape index (κ3) is 6.19. The molecule has 1 atom stereocenters. The van der Waals surface area contributed by atoms with Gasteiger partial charge in [-0.05, 0) is 38.8 Å². The van der Waals surface area contributed by atoms with Crippen LogP contribution in [0, 0.1) is 5.92 Å². The minimum atomic E-state index is -3.57. The van der Waals surface area contributed by atoms with Crippen LogP contribution in [0.1, 0.15) is 59.0 Å². The molecule has 0 aliphatic rings. The third-order valence-corrected chi connectivity index (χ3v) is 5.33. The maximum atomic E-state index is 12.2. The smallest absolute Gasteiger partial charge is 0.408 e. The average Bonchev–Trinajstić information content (AvgIpc) is 2.96. The Morgan fingerprint density at radius 1 is 1.23 bits per heavy atom. The molecule has 0 radical (unpaired) electrons. The van der Waals surface area contributed by atoms with Gasteiger partial charge in [-0.15, -0.1) is 0 Å². The Labute approximate surface area is 176 Å². The summed E-state index contributed by atoms with van der Waals surface area (Å²) in [6, 6.07) is 2.55. The summed E-state index contributed by atoms with van der Waals surface area (Å²) in [7, 11) is -3.57. The highest BCUT2D eigenvalue weighted by atomic mass is 32.2. The molecule has 0 saturated heterocycles. The molecule has 0 bridgehead atoms. The van der Waals surface area contributed by atoms with E-state index in [2.05, 4.69) is 15.3 Å². The number of aromatic nitrogens is 2. The fraction of sp³-hybridized carbons (Fsp3) is 0.550. The summed E-state index contributed by atoms with van der Waals surface area (Å²) in [5, 5.41) is 2.81. The summed E-state index contributed by atoms with van der Waals surface area (Å²) in [5.74, 6) is -0.0656. The van der Waals surface area contributed by atoms with E-state index in [9.17, 15) is 18.0 Å². The number of rotatable bonds is 6. The van der Waals surface area contributed by atoms with Crippen LogP contribution in [0.3, 0.4) is 0 Å².